The maximum absolute atomic E-state index is 14.6. The number of rotatable bonds is 9. The molecule has 0 radical (unpaired) electrons. The molecule has 1 atom stereocenters. The molecule has 2 aliphatic rings. The van der Waals surface area contributed by atoms with E-state index in [2.05, 4.69) is 34.5 Å². The molecule has 2 fully saturated rings. The highest BCUT2D eigenvalue weighted by Crippen LogP contribution is 2.30. The van der Waals surface area contributed by atoms with Gasteiger partial charge in [0.15, 0.2) is 0 Å². The lowest BCUT2D eigenvalue weighted by Crippen LogP contribution is -2.39. The fraction of sp³-hybridized carbons (Fsp3) is 0.400. The van der Waals surface area contributed by atoms with E-state index in [0.29, 0.717) is 68.4 Å². The van der Waals surface area contributed by atoms with Crippen LogP contribution in [0.25, 0.3) is 22.6 Å². The maximum Gasteiger partial charge on any atom is 0.471 e. The molecule has 0 saturated carbocycles. The molecule has 11 nitrogen and oxygen atoms in total. The Hall–Kier alpha value is -4.21. The van der Waals surface area contributed by atoms with Gasteiger partial charge in [0.25, 0.3) is 5.88 Å². The summed E-state index contributed by atoms with van der Waals surface area (Å²) in [5, 5.41) is 4.07. The Bertz CT molecular complexity index is 1840. The van der Waals surface area contributed by atoms with Gasteiger partial charge < -0.3 is 18.6 Å². The van der Waals surface area contributed by atoms with Crippen molar-refractivity contribution < 1.29 is 31.6 Å². The van der Waals surface area contributed by atoms with E-state index in [1.165, 1.54) is 0 Å². The van der Waals surface area contributed by atoms with Gasteiger partial charge in [0, 0.05) is 31.1 Å². The zero-order valence-electron chi connectivity index (χ0n) is 24.3. The predicted octanol–water partition coefficient (Wildman–Crippen LogP) is 5.51. The van der Waals surface area contributed by atoms with Crippen LogP contribution in [0.1, 0.15) is 42.4 Å². The van der Waals surface area contributed by atoms with Crippen LogP contribution in [0.15, 0.2) is 47.2 Å². The van der Waals surface area contributed by atoms with Crippen LogP contribution < -0.4 is 4.74 Å². The molecule has 7 rings (SSSR count). The minimum Gasteiger partial charge on any atom is -0.472 e. The van der Waals surface area contributed by atoms with Crippen LogP contribution in [0.3, 0.4) is 0 Å². The second kappa shape index (κ2) is 12.5. The molecule has 0 aliphatic carbocycles. The number of benzene rings is 1. The molecule has 1 aromatic carbocycles. The third kappa shape index (κ3) is 6.66. The van der Waals surface area contributed by atoms with Crippen molar-refractivity contribution in [2.45, 2.75) is 57.2 Å². The topological polar surface area (TPSA) is 117 Å². The largest absolute Gasteiger partial charge is 0.472 e. The van der Waals surface area contributed by atoms with Crippen LogP contribution in [-0.4, -0.2) is 71.4 Å². The van der Waals surface area contributed by atoms with Crippen LogP contribution in [0.4, 0.5) is 17.6 Å². The lowest BCUT2D eigenvalue weighted by molar-refractivity contribution is -0.159. The number of halogens is 5. The van der Waals surface area contributed by atoms with Crippen molar-refractivity contribution in [3.8, 4) is 17.4 Å². The van der Waals surface area contributed by atoms with E-state index in [1.54, 1.807) is 24.4 Å². The van der Waals surface area contributed by atoms with E-state index in [9.17, 15) is 17.6 Å². The van der Waals surface area contributed by atoms with Gasteiger partial charge in [-0.25, -0.2) is 9.97 Å². The first-order valence-corrected chi connectivity index (χ1v) is 15.1. The zero-order valence-corrected chi connectivity index (χ0v) is 25.0. The van der Waals surface area contributed by atoms with Crippen molar-refractivity contribution in [1.29, 1.82) is 0 Å². The third-order valence-electron chi connectivity index (χ3n) is 8.01. The van der Waals surface area contributed by atoms with E-state index >= 15 is 0 Å². The van der Waals surface area contributed by atoms with Crippen molar-refractivity contribution >= 4 is 22.6 Å². The van der Waals surface area contributed by atoms with E-state index in [1.807, 2.05) is 16.7 Å². The molecule has 4 aromatic heterocycles. The van der Waals surface area contributed by atoms with Gasteiger partial charge in [-0.3, -0.25) is 9.88 Å². The average Bonchev–Trinajstić information content (AvgIpc) is 3.64. The molecule has 0 unspecified atom stereocenters. The fourth-order valence-electron chi connectivity index (χ4n) is 5.48. The Morgan fingerprint density at radius 1 is 1.00 bits per heavy atom. The van der Waals surface area contributed by atoms with E-state index < -0.39 is 17.9 Å². The Morgan fingerprint density at radius 2 is 1.78 bits per heavy atom. The summed E-state index contributed by atoms with van der Waals surface area (Å²) in [6, 6.07) is 8.86. The summed E-state index contributed by atoms with van der Waals surface area (Å²) in [5.74, 6) is -1.17. The molecular formula is C30H27ClF4N8O3. The summed E-state index contributed by atoms with van der Waals surface area (Å²) < 4.78 is 71.6. The van der Waals surface area contributed by atoms with Gasteiger partial charge in [0.1, 0.15) is 23.4 Å². The number of aromatic nitrogens is 7. The monoisotopic (exact) mass is 658 g/mol. The van der Waals surface area contributed by atoms with Crippen LogP contribution in [0.5, 0.6) is 5.88 Å². The molecule has 6 heterocycles. The summed E-state index contributed by atoms with van der Waals surface area (Å²) in [6.45, 7) is 3.11. The fourth-order valence-corrected chi connectivity index (χ4v) is 5.60. The van der Waals surface area contributed by atoms with Crippen LogP contribution in [-0.2, 0) is 30.4 Å². The molecular weight excluding hydrogens is 632 g/mol. The van der Waals surface area contributed by atoms with Gasteiger partial charge in [-0.15, -0.1) is 0 Å². The summed E-state index contributed by atoms with van der Waals surface area (Å²) in [4.78, 5) is 23.2. The smallest absolute Gasteiger partial charge is 0.471 e. The number of pyridine rings is 1. The van der Waals surface area contributed by atoms with E-state index in [-0.39, 0.29) is 29.6 Å². The first kappa shape index (κ1) is 30.4. The number of hydrogen-bond acceptors (Lipinski definition) is 10. The van der Waals surface area contributed by atoms with E-state index in [4.69, 9.17) is 26.1 Å². The van der Waals surface area contributed by atoms with Crippen LogP contribution in [0.2, 0.25) is 5.02 Å². The zero-order chi connectivity index (χ0) is 31.8. The molecule has 2 saturated heterocycles. The first-order chi connectivity index (χ1) is 22.2. The van der Waals surface area contributed by atoms with Crippen molar-refractivity contribution in [3.63, 3.8) is 0 Å². The van der Waals surface area contributed by atoms with E-state index in [0.717, 1.165) is 29.5 Å². The molecule has 240 valence electrons. The number of hydrogen-bond donors (Lipinski definition) is 0. The molecule has 16 heteroatoms. The van der Waals surface area contributed by atoms with Crippen molar-refractivity contribution in [3.05, 3.63) is 76.7 Å². The van der Waals surface area contributed by atoms with Crippen molar-refractivity contribution in [2.75, 3.05) is 19.7 Å². The summed E-state index contributed by atoms with van der Waals surface area (Å²) in [7, 11) is 0. The highest BCUT2D eigenvalue weighted by molar-refractivity contribution is 6.30. The molecule has 0 amide bonds. The Labute approximate surface area is 264 Å². The van der Waals surface area contributed by atoms with Crippen LogP contribution in [0, 0.1) is 5.82 Å². The van der Waals surface area contributed by atoms with Gasteiger partial charge in [-0.2, -0.15) is 27.5 Å². The number of fused-ring (bicyclic) bond motifs is 1. The Balaban J connectivity index is 1.03. The van der Waals surface area contributed by atoms with Gasteiger partial charge in [0.2, 0.25) is 11.6 Å². The molecule has 2 aliphatic heterocycles. The minimum atomic E-state index is -4.75. The number of alkyl halides is 3. The van der Waals surface area contributed by atoms with Gasteiger partial charge >= 0.3 is 12.1 Å². The maximum atomic E-state index is 14.6. The number of ether oxygens (including phenoxy) is 2. The predicted molar refractivity (Wildman–Crippen MR) is 155 cm³/mol. The Morgan fingerprint density at radius 3 is 2.48 bits per heavy atom. The molecule has 0 bridgehead atoms. The number of likely N-dealkylation sites (tertiary alicyclic amines) is 1. The average molecular weight is 659 g/mol. The molecule has 0 N–H and O–H groups in total. The number of piperidine rings is 1. The normalized spacial score (nSPS) is 17.8. The minimum absolute atomic E-state index is 0.0360. The highest BCUT2D eigenvalue weighted by atomic mass is 35.5. The highest BCUT2D eigenvalue weighted by Gasteiger charge is 2.38. The van der Waals surface area contributed by atoms with Crippen LogP contribution >= 0.6 is 11.6 Å². The molecule has 0 spiro atoms. The summed E-state index contributed by atoms with van der Waals surface area (Å²) in [6.07, 6.45) is 0.365. The second-order valence-corrected chi connectivity index (χ2v) is 11.7. The second-order valence-electron chi connectivity index (χ2n) is 11.2. The Kier molecular flexibility index (Phi) is 8.29. The van der Waals surface area contributed by atoms with Gasteiger partial charge in [0.05, 0.1) is 42.6 Å². The van der Waals surface area contributed by atoms with Crippen molar-refractivity contribution in [1.82, 2.24) is 39.5 Å². The first-order valence-electron chi connectivity index (χ1n) is 14.7. The van der Waals surface area contributed by atoms with Gasteiger partial charge in [-0.05, 0) is 43.0 Å². The molecule has 5 aromatic rings. The standard InChI is InChI=1S/C30H27ClF4N8O3/c31-18-3-1-17(2-4-18)11-25-37-13-21(32)28(39-25)45-19-5-8-42(9-6-19)16-26-38-22-12-23(27-40-29(46-41-27)30(33,34)35)36-14-24(22)43(26)15-20-7-10-44-20/h1-4,12-14,19-20H,5-11,15-16H2/t20-/m0/s1. The summed E-state index contributed by atoms with van der Waals surface area (Å²) in [5.41, 5.74) is 2.34. The SMILES string of the molecule is Fc1cnc(Cc2ccc(Cl)cc2)nc1OC1CCN(Cc2nc3cc(-c4noc(C(F)(F)F)n4)ncc3n2C[C@@H]2CCO2)CC1. The third-order valence-corrected chi connectivity index (χ3v) is 8.26. The summed E-state index contributed by atoms with van der Waals surface area (Å²) >= 11 is 5.97. The van der Waals surface area contributed by atoms with Gasteiger partial charge in [-0.1, -0.05) is 28.9 Å². The lowest BCUT2D eigenvalue weighted by atomic mass is 10.1. The number of imidazole rings is 1. The number of nitrogens with zero attached hydrogens (tertiary/aromatic N) is 8. The quantitative estimate of drug-likeness (QED) is 0.188. The van der Waals surface area contributed by atoms with Crippen molar-refractivity contribution in [2.24, 2.45) is 0 Å². The molecule has 46 heavy (non-hydrogen) atoms. The lowest BCUT2D eigenvalue weighted by Gasteiger charge is -2.32.